The maximum atomic E-state index is 6.20. The molecule has 134 valence electrons. The molecular weight excluding hydrogens is 333 g/mol. The molecule has 3 heterocycles. The van der Waals surface area contributed by atoms with Gasteiger partial charge >= 0.3 is 6.98 Å². The van der Waals surface area contributed by atoms with E-state index in [1.165, 1.54) is 22.1 Å². The third-order valence-corrected chi connectivity index (χ3v) is 5.65. The number of hydrogen-bond donors (Lipinski definition) is 0. The van der Waals surface area contributed by atoms with Gasteiger partial charge in [0.2, 0.25) is 0 Å². The molecule has 0 fully saturated rings. The van der Waals surface area contributed by atoms with Gasteiger partial charge in [-0.05, 0) is 39.1 Å². The van der Waals surface area contributed by atoms with Crippen LogP contribution in [-0.4, -0.2) is 25.0 Å². The summed E-state index contributed by atoms with van der Waals surface area (Å²) in [5, 5.41) is 1.17. The van der Waals surface area contributed by atoms with E-state index < -0.39 is 0 Å². The largest absolute Gasteiger partial charge is 0.441 e. The van der Waals surface area contributed by atoms with E-state index in [1.54, 1.807) is 0 Å². The third-order valence-electron chi connectivity index (χ3n) is 5.65. The van der Waals surface area contributed by atoms with Gasteiger partial charge in [0.15, 0.2) is 5.88 Å². The van der Waals surface area contributed by atoms with E-state index in [9.17, 15) is 0 Å². The maximum Gasteiger partial charge on any atom is 0.410 e. The van der Waals surface area contributed by atoms with E-state index in [4.69, 9.17) is 4.42 Å². The van der Waals surface area contributed by atoms with E-state index in [0.29, 0.717) is 0 Å². The molecule has 0 radical (unpaired) electrons. The first kappa shape index (κ1) is 16.1. The highest BCUT2D eigenvalue weighted by Crippen LogP contribution is 2.40. The fraction of sp³-hybridized carbons (Fsp3) is 0.182. The van der Waals surface area contributed by atoms with Crippen LogP contribution in [0.2, 0.25) is 0 Å². The van der Waals surface area contributed by atoms with Gasteiger partial charge in [0, 0.05) is 29.0 Å². The number of hydrogen-bond acceptors (Lipinski definition) is 4. The molecular formula is C22H22BN3O. The monoisotopic (exact) mass is 355 g/mol. The summed E-state index contributed by atoms with van der Waals surface area (Å²) < 4.78 is 6.20. The average Bonchev–Trinajstić information content (AvgIpc) is 3.24. The fourth-order valence-electron chi connectivity index (χ4n) is 4.34. The molecule has 27 heavy (non-hydrogen) atoms. The Morgan fingerprint density at radius 1 is 0.963 bits per heavy atom. The van der Waals surface area contributed by atoms with Crippen LogP contribution in [0.1, 0.15) is 19.4 Å². The van der Waals surface area contributed by atoms with Gasteiger partial charge in [-0.3, -0.25) is 0 Å². The van der Waals surface area contributed by atoms with Gasteiger partial charge in [-0.1, -0.05) is 47.9 Å². The Labute approximate surface area is 160 Å². The highest BCUT2D eigenvalue weighted by atomic mass is 16.4. The molecule has 3 aromatic rings. The number of rotatable bonds is 2. The minimum Gasteiger partial charge on any atom is -0.441 e. The zero-order valence-electron chi connectivity index (χ0n) is 15.8. The second-order valence-corrected chi connectivity index (χ2v) is 7.31. The van der Waals surface area contributed by atoms with Crippen molar-refractivity contribution in [2.75, 3.05) is 16.8 Å². The van der Waals surface area contributed by atoms with Crippen LogP contribution in [0.15, 0.2) is 76.9 Å². The molecule has 5 heteroatoms. The second-order valence-electron chi connectivity index (χ2n) is 7.31. The number of benzene rings is 2. The zero-order chi connectivity index (χ0) is 18.5. The predicted octanol–water partition coefficient (Wildman–Crippen LogP) is 4.95. The minimum atomic E-state index is 0.123. The van der Waals surface area contributed by atoms with Crippen molar-refractivity contribution in [2.45, 2.75) is 20.0 Å². The summed E-state index contributed by atoms with van der Waals surface area (Å²) in [6.45, 7) is 4.57. The maximum absolute atomic E-state index is 6.20. The molecule has 2 aromatic carbocycles. The molecule has 0 aliphatic carbocycles. The van der Waals surface area contributed by atoms with Gasteiger partial charge in [-0.2, -0.15) is 0 Å². The zero-order valence-corrected chi connectivity index (χ0v) is 15.8. The quantitative estimate of drug-likeness (QED) is 0.607. The molecule has 0 spiro atoms. The highest BCUT2D eigenvalue weighted by Gasteiger charge is 2.41. The topological polar surface area (TPSA) is 22.9 Å². The van der Waals surface area contributed by atoms with Crippen molar-refractivity contribution in [3.05, 3.63) is 78.0 Å². The summed E-state index contributed by atoms with van der Waals surface area (Å²) in [7, 11) is 2.12. The van der Waals surface area contributed by atoms with Crippen LogP contribution in [-0.2, 0) is 0 Å². The van der Waals surface area contributed by atoms with Crippen molar-refractivity contribution in [3.8, 4) is 0 Å². The molecule has 2 aliphatic heterocycles. The molecule has 0 bridgehead atoms. The first-order valence-corrected chi connectivity index (χ1v) is 9.37. The van der Waals surface area contributed by atoms with Gasteiger partial charge in [0.25, 0.3) is 0 Å². The Morgan fingerprint density at radius 2 is 1.70 bits per heavy atom. The van der Waals surface area contributed by atoms with Crippen LogP contribution in [0.3, 0.4) is 0 Å². The van der Waals surface area contributed by atoms with Crippen molar-refractivity contribution in [1.29, 1.82) is 0 Å². The van der Waals surface area contributed by atoms with E-state index in [0.717, 1.165) is 11.5 Å². The summed E-state index contributed by atoms with van der Waals surface area (Å²) in [6.07, 6.45) is 6.84. The van der Waals surface area contributed by atoms with Gasteiger partial charge in [-0.15, -0.1) is 0 Å². The van der Waals surface area contributed by atoms with Crippen molar-refractivity contribution in [1.82, 2.24) is 4.81 Å². The third kappa shape index (κ3) is 2.38. The number of anilines is 2. The van der Waals surface area contributed by atoms with Crippen LogP contribution in [0.25, 0.3) is 17.0 Å². The Hall–Kier alpha value is -3.08. The van der Waals surface area contributed by atoms with Crippen molar-refractivity contribution in [3.63, 3.8) is 0 Å². The van der Waals surface area contributed by atoms with Crippen molar-refractivity contribution in [2.24, 2.45) is 0 Å². The summed E-state index contributed by atoms with van der Waals surface area (Å²) in [5.74, 6) is 0.936. The molecule has 5 rings (SSSR count). The lowest BCUT2D eigenvalue weighted by molar-refractivity contribution is 0.472. The molecule has 0 saturated carbocycles. The summed E-state index contributed by atoms with van der Waals surface area (Å²) in [6, 6.07) is 18.8. The van der Waals surface area contributed by atoms with Gasteiger partial charge < -0.3 is 18.9 Å². The second kappa shape index (κ2) is 5.98. The fourth-order valence-corrected chi connectivity index (χ4v) is 4.34. The Bertz CT molecular complexity index is 1060. The average molecular weight is 355 g/mol. The SMILES string of the molecule is CC1=Cc2c(oc3ccccc23)N(C)B1N1C=CN(c2ccccc2)[C@@H]1C. The molecule has 4 nitrogen and oxygen atoms in total. The van der Waals surface area contributed by atoms with Crippen LogP contribution in [0.5, 0.6) is 0 Å². The summed E-state index contributed by atoms with van der Waals surface area (Å²) in [5.41, 5.74) is 4.63. The summed E-state index contributed by atoms with van der Waals surface area (Å²) in [4.78, 5) is 6.93. The minimum absolute atomic E-state index is 0.123. The number of nitrogens with zero attached hydrogens (tertiary/aromatic N) is 3. The molecule has 0 saturated heterocycles. The standard InChI is InChI=1S/C22H22BN3O/c1-16-15-20-19-11-7-8-12-21(19)27-22(20)24(3)23(16)26-14-13-25(17(26)2)18-9-5-4-6-10-18/h4-15,17H,1-3H3/t17-/m0/s1. The van der Waals surface area contributed by atoms with Crippen LogP contribution in [0, 0.1) is 0 Å². The molecule has 0 N–H and O–H groups in total. The lowest BCUT2D eigenvalue weighted by Gasteiger charge is -2.39. The smallest absolute Gasteiger partial charge is 0.410 e. The summed E-state index contributed by atoms with van der Waals surface area (Å²) >= 11 is 0. The lowest BCUT2D eigenvalue weighted by atomic mass is 9.61. The predicted molar refractivity (Wildman–Crippen MR) is 113 cm³/mol. The van der Waals surface area contributed by atoms with Gasteiger partial charge in [-0.25, -0.2) is 0 Å². The number of allylic oxidation sites excluding steroid dienone is 1. The Morgan fingerprint density at radius 3 is 2.52 bits per heavy atom. The Balaban J connectivity index is 1.51. The van der Waals surface area contributed by atoms with E-state index in [2.05, 4.69) is 96.4 Å². The van der Waals surface area contributed by atoms with Crippen LogP contribution < -0.4 is 9.71 Å². The number of fused-ring (bicyclic) bond motifs is 3. The van der Waals surface area contributed by atoms with Gasteiger partial charge in [0.1, 0.15) is 5.58 Å². The molecule has 1 atom stereocenters. The first-order valence-electron chi connectivity index (χ1n) is 9.37. The number of furan rings is 1. The van der Waals surface area contributed by atoms with E-state index >= 15 is 0 Å². The normalized spacial score (nSPS) is 19.1. The number of para-hydroxylation sites is 2. The highest BCUT2D eigenvalue weighted by molar-refractivity contribution is 6.69. The van der Waals surface area contributed by atoms with Gasteiger partial charge in [0.05, 0.1) is 6.17 Å². The Kier molecular flexibility index (Phi) is 3.57. The van der Waals surface area contributed by atoms with Crippen molar-refractivity contribution >= 4 is 35.6 Å². The van der Waals surface area contributed by atoms with E-state index in [1.807, 2.05) is 12.1 Å². The van der Waals surface area contributed by atoms with Crippen LogP contribution >= 0.6 is 0 Å². The van der Waals surface area contributed by atoms with Crippen LogP contribution in [0.4, 0.5) is 11.6 Å². The first-order chi connectivity index (χ1) is 13.1. The van der Waals surface area contributed by atoms with E-state index in [-0.39, 0.29) is 13.1 Å². The molecule has 2 aliphatic rings. The van der Waals surface area contributed by atoms with Crippen molar-refractivity contribution < 1.29 is 4.42 Å². The molecule has 1 aromatic heterocycles. The molecule has 0 unspecified atom stereocenters. The molecule has 0 amide bonds. The lowest BCUT2D eigenvalue weighted by Crippen LogP contribution is -2.55.